The highest BCUT2D eigenvalue weighted by Gasteiger charge is 2.07. The number of aromatic nitrogens is 1. The van der Waals surface area contributed by atoms with Crippen LogP contribution in [0, 0.1) is 0 Å². The summed E-state index contributed by atoms with van der Waals surface area (Å²) in [6.45, 7) is 0. The lowest BCUT2D eigenvalue weighted by molar-refractivity contribution is 0.102. The van der Waals surface area contributed by atoms with E-state index in [0.717, 1.165) is 16.7 Å². The van der Waals surface area contributed by atoms with E-state index in [9.17, 15) is 4.79 Å². The topological polar surface area (TPSA) is 51.2 Å². The summed E-state index contributed by atoms with van der Waals surface area (Å²) < 4.78 is 5.16. The predicted molar refractivity (Wildman–Crippen MR) is 87.7 cm³/mol. The number of ether oxygens (including phenoxy) is 1. The van der Waals surface area contributed by atoms with E-state index >= 15 is 0 Å². The number of fused-ring (bicyclic) bond motifs is 1. The van der Waals surface area contributed by atoms with Crippen LogP contribution in [0.4, 0.5) is 5.69 Å². The largest absolute Gasteiger partial charge is 0.497 e. The Labute approximate surface area is 132 Å². The van der Waals surface area contributed by atoms with E-state index in [1.165, 1.54) is 0 Å². The van der Waals surface area contributed by atoms with Crippen molar-refractivity contribution in [2.24, 2.45) is 0 Å². The maximum atomic E-state index is 12.2. The van der Waals surface area contributed by atoms with Gasteiger partial charge in [-0.1, -0.05) is 11.6 Å². The van der Waals surface area contributed by atoms with E-state index in [4.69, 9.17) is 16.3 Å². The summed E-state index contributed by atoms with van der Waals surface area (Å²) in [6, 6.07) is 14.2. The van der Waals surface area contributed by atoms with Crippen molar-refractivity contribution in [1.29, 1.82) is 0 Å². The Balaban J connectivity index is 1.84. The first-order chi connectivity index (χ1) is 10.7. The van der Waals surface area contributed by atoms with Gasteiger partial charge in [0.1, 0.15) is 5.75 Å². The zero-order valence-corrected chi connectivity index (χ0v) is 12.6. The lowest BCUT2D eigenvalue weighted by Crippen LogP contribution is -2.11. The van der Waals surface area contributed by atoms with E-state index in [0.29, 0.717) is 16.3 Å². The zero-order chi connectivity index (χ0) is 15.5. The number of nitrogens with one attached hydrogen (secondary N) is 1. The molecule has 0 aliphatic carbocycles. The van der Waals surface area contributed by atoms with Crippen LogP contribution in [0.1, 0.15) is 10.4 Å². The molecule has 0 saturated heterocycles. The first-order valence-corrected chi connectivity index (χ1v) is 7.04. The third-order valence-corrected chi connectivity index (χ3v) is 3.51. The number of amides is 1. The molecular weight excluding hydrogens is 300 g/mol. The molecule has 2 aromatic carbocycles. The first kappa shape index (κ1) is 14.4. The monoisotopic (exact) mass is 312 g/mol. The molecule has 5 heteroatoms. The van der Waals surface area contributed by atoms with Crippen molar-refractivity contribution in [2.45, 2.75) is 0 Å². The molecule has 4 nitrogen and oxygen atoms in total. The molecule has 1 aromatic heterocycles. The number of rotatable bonds is 3. The third kappa shape index (κ3) is 3.02. The molecular formula is C17H13ClN2O2. The molecule has 1 N–H and O–H groups in total. The van der Waals surface area contributed by atoms with Crippen molar-refractivity contribution in [3.63, 3.8) is 0 Å². The molecule has 0 spiro atoms. The molecule has 0 aliphatic rings. The Hall–Kier alpha value is -2.59. The molecule has 0 saturated carbocycles. The van der Waals surface area contributed by atoms with Crippen LogP contribution in [0.3, 0.4) is 0 Å². The number of anilines is 1. The van der Waals surface area contributed by atoms with Gasteiger partial charge >= 0.3 is 0 Å². The van der Waals surface area contributed by atoms with E-state index in [1.54, 1.807) is 37.6 Å². The standard InChI is InChI=1S/C17H13ClN2O2/c1-22-15-7-4-12-8-14(10-19-16(12)9-15)20-17(21)11-2-5-13(18)6-3-11/h2-10H,1H3,(H,20,21). The fourth-order valence-electron chi connectivity index (χ4n) is 2.10. The maximum Gasteiger partial charge on any atom is 0.255 e. The second-order valence-corrected chi connectivity index (χ2v) is 5.18. The molecule has 1 heterocycles. The fraction of sp³-hybridized carbons (Fsp3) is 0.0588. The minimum absolute atomic E-state index is 0.202. The van der Waals surface area contributed by atoms with E-state index in [2.05, 4.69) is 10.3 Å². The molecule has 0 bridgehead atoms. The zero-order valence-electron chi connectivity index (χ0n) is 11.8. The second kappa shape index (κ2) is 6.03. The second-order valence-electron chi connectivity index (χ2n) is 4.74. The number of benzene rings is 2. The quantitative estimate of drug-likeness (QED) is 0.790. The lowest BCUT2D eigenvalue weighted by Gasteiger charge is -2.07. The lowest BCUT2D eigenvalue weighted by atomic mass is 10.2. The molecule has 3 rings (SSSR count). The predicted octanol–water partition coefficient (Wildman–Crippen LogP) is 4.15. The number of hydrogen-bond acceptors (Lipinski definition) is 3. The van der Waals surface area contributed by atoms with Crippen molar-refractivity contribution >= 4 is 34.1 Å². The van der Waals surface area contributed by atoms with Gasteiger partial charge in [0.15, 0.2) is 0 Å². The highest BCUT2D eigenvalue weighted by atomic mass is 35.5. The number of pyridine rings is 1. The third-order valence-electron chi connectivity index (χ3n) is 3.26. The molecule has 22 heavy (non-hydrogen) atoms. The smallest absolute Gasteiger partial charge is 0.255 e. The summed E-state index contributed by atoms with van der Waals surface area (Å²) in [5.41, 5.74) is 1.99. The number of methoxy groups -OCH3 is 1. The Kier molecular flexibility index (Phi) is 3.94. The number of nitrogens with zero attached hydrogens (tertiary/aromatic N) is 1. The Bertz CT molecular complexity index is 832. The Morgan fingerprint density at radius 2 is 1.91 bits per heavy atom. The van der Waals surface area contributed by atoms with E-state index in [1.807, 2.05) is 24.3 Å². The molecule has 0 aliphatic heterocycles. The van der Waals surface area contributed by atoms with Crippen LogP contribution in [0.2, 0.25) is 5.02 Å². The van der Waals surface area contributed by atoms with Crippen molar-refractivity contribution < 1.29 is 9.53 Å². The highest BCUT2D eigenvalue weighted by molar-refractivity contribution is 6.30. The van der Waals surface area contributed by atoms with E-state index < -0.39 is 0 Å². The summed E-state index contributed by atoms with van der Waals surface area (Å²) in [7, 11) is 1.61. The van der Waals surface area contributed by atoms with Gasteiger partial charge in [-0.05, 0) is 42.5 Å². The van der Waals surface area contributed by atoms with Gasteiger partial charge in [-0.2, -0.15) is 0 Å². The van der Waals surface area contributed by atoms with Crippen LogP contribution in [-0.4, -0.2) is 18.0 Å². The molecule has 0 fully saturated rings. The molecule has 110 valence electrons. The Morgan fingerprint density at radius 3 is 2.64 bits per heavy atom. The Morgan fingerprint density at radius 1 is 1.14 bits per heavy atom. The van der Waals surface area contributed by atoms with Crippen LogP contribution in [-0.2, 0) is 0 Å². The molecule has 3 aromatic rings. The number of carbonyl (C=O) groups is 1. The molecule has 0 radical (unpaired) electrons. The average Bonchev–Trinajstić information content (AvgIpc) is 2.55. The van der Waals surface area contributed by atoms with Crippen LogP contribution in [0.15, 0.2) is 54.7 Å². The van der Waals surface area contributed by atoms with Crippen molar-refractivity contribution in [3.8, 4) is 5.75 Å². The van der Waals surface area contributed by atoms with Crippen LogP contribution >= 0.6 is 11.6 Å². The van der Waals surface area contributed by atoms with Crippen LogP contribution in [0.25, 0.3) is 10.9 Å². The number of halogens is 1. The SMILES string of the molecule is COc1ccc2cc(NC(=O)c3ccc(Cl)cc3)cnc2c1. The van der Waals surface area contributed by atoms with Gasteiger partial charge in [0.2, 0.25) is 0 Å². The fourth-order valence-corrected chi connectivity index (χ4v) is 2.23. The van der Waals surface area contributed by atoms with Crippen molar-refractivity contribution in [1.82, 2.24) is 4.98 Å². The molecule has 0 atom stereocenters. The van der Waals surface area contributed by atoms with E-state index in [-0.39, 0.29) is 5.91 Å². The minimum atomic E-state index is -0.202. The number of hydrogen-bond donors (Lipinski definition) is 1. The summed E-state index contributed by atoms with van der Waals surface area (Å²) in [6.07, 6.45) is 1.62. The van der Waals surface area contributed by atoms with Gasteiger partial charge in [-0.25, -0.2) is 0 Å². The van der Waals surface area contributed by atoms with Gasteiger partial charge < -0.3 is 10.1 Å². The van der Waals surface area contributed by atoms with Gasteiger partial charge in [-0.3, -0.25) is 9.78 Å². The normalized spacial score (nSPS) is 10.5. The van der Waals surface area contributed by atoms with Gasteiger partial charge in [0.05, 0.1) is 24.5 Å². The molecule has 0 unspecified atom stereocenters. The van der Waals surface area contributed by atoms with Gasteiger partial charge in [0, 0.05) is 22.0 Å². The average molecular weight is 313 g/mol. The maximum absolute atomic E-state index is 12.2. The molecule has 1 amide bonds. The van der Waals surface area contributed by atoms with Gasteiger partial charge in [0.25, 0.3) is 5.91 Å². The van der Waals surface area contributed by atoms with Gasteiger partial charge in [-0.15, -0.1) is 0 Å². The first-order valence-electron chi connectivity index (χ1n) is 6.66. The minimum Gasteiger partial charge on any atom is -0.497 e. The van der Waals surface area contributed by atoms with Crippen LogP contribution in [0.5, 0.6) is 5.75 Å². The highest BCUT2D eigenvalue weighted by Crippen LogP contribution is 2.22. The summed E-state index contributed by atoms with van der Waals surface area (Å²) >= 11 is 5.81. The van der Waals surface area contributed by atoms with Crippen molar-refractivity contribution in [2.75, 3.05) is 12.4 Å². The van der Waals surface area contributed by atoms with Crippen molar-refractivity contribution in [3.05, 3.63) is 65.3 Å². The summed E-state index contributed by atoms with van der Waals surface area (Å²) in [4.78, 5) is 16.5. The summed E-state index contributed by atoms with van der Waals surface area (Å²) in [5.74, 6) is 0.546. The summed E-state index contributed by atoms with van der Waals surface area (Å²) in [5, 5.41) is 4.34. The van der Waals surface area contributed by atoms with Crippen LogP contribution < -0.4 is 10.1 Å². The number of carbonyl (C=O) groups excluding carboxylic acids is 1.